The highest BCUT2D eigenvalue weighted by molar-refractivity contribution is 5.96. The number of urea groups is 1. The first-order chi connectivity index (χ1) is 9.72. The molecule has 20 heavy (non-hydrogen) atoms. The summed E-state index contributed by atoms with van der Waals surface area (Å²) in [6.07, 6.45) is 2.32. The number of benzene rings is 1. The largest absolute Gasteiger partial charge is 0.336 e. The first-order valence-electron chi connectivity index (χ1n) is 6.91. The van der Waals surface area contributed by atoms with E-state index in [0.717, 1.165) is 18.5 Å². The van der Waals surface area contributed by atoms with Gasteiger partial charge in [0.05, 0.1) is 6.54 Å². The number of nitrogens with zero attached hydrogens (tertiary/aromatic N) is 1. The molecule has 1 heterocycles. The number of amides is 3. The second kappa shape index (κ2) is 5.50. The van der Waals surface area contributed by atoms with Gasteiger partial charge in [0, 0.05) is 30.5 Å². The van der Waals surface area contributed by atoms with Crippen LogP contribution < -0.4 is 20.9 Å². The van der Waals surface area contributed by atoms with Crippen molar-refractivity contribution >= 4 is 23.3 Å². The van der Waals surface area contributed by atoms with E-state index < -0.39 is 0 Å². The zero-order valence-electron chi connectivity index (χ0n) is 11.2. The van der Waals surface area contributed by atoms with E-state index in [1.165, 1.54) is 0 Å². The molecular weight excluding hydrogens is 256 g/mol. The molecule has 0 radical (unpaired) electrons. The Bertz CT molecular complexity index is 528. The van der Waals surface area contributed by atoms with Crippen LogP contribution in [0.1, 0.15) is 12.8 Å². The van der Waals surface area contributed by atoms with E-state index in [2.05, 4.69) is 16.0 Å². The number of rotatable bonds is 5. The second-order valence-electron chi connectivity index (χ2n) is 5.14. The molecule has 0 atom stereocenters. The smallest absolute Gasteiger partial charge is 0.321 e. The van der Waals surface area contributed by atoms with Gasteiger partial charge in [-0.1, -0.05) is 6.07 Å². The Morgan fingerprint density at radius 1 is 1.40 bits per heavy atom. The summed E-state index contributed by atoms with van der Waals surface area (Å²) in [6.45, 7) is 1.64. The summed E-state index contributed by atoms with van der Waals surface area (Å²) in [6, 6.07) is 7.77. The second-order valence-corrected chi connectivity index (χ2v) is 5.14. The van der Waals surface area contributed by atoms with Crippen molar-refractivity contribution < 1.29 is 9.59 Å². The third-order valence-electron chi connectivity index (χ3n) is 3.43. The normalized spacial score (nSPS) is 18.0. The lowest BCUT2D eigenvalue weighted by molar-refractivity contribution is -0.115. The minimum absolute atomic E-state index is 0.0556. The van der Waals surface area contributed by atoms with E-state index in [-0.39, 0.29) is 11.9 Å². The molecule has 1 saturated heterocycles. The van der Waals surface area contributed by atoms with Crippen LogP contribution in [0.25, 0.3) is 0 Å². The molecule has 0 spiro atoms. The Hall–Kier alpha value is -2.08. The summed E-state index contributed by atoms with van der Waals surface area (Å²) in [7, 11) is 0. The molecule has 6 heteroatoms. The van der Waals surface area contributed by atoms with Gasteiger partial charge in [-0.3, -0.25) is 9.69 Å². The molecule has 2 aliphatic rings. The average Bonchev–Trinajstić information content (AvgIpc) is 3.17. The Morgan fingerprint density at radius 2 is 2.25 bits per heavy atom. The molecule has 1 aromatic rings. The van der Waals surface area contributed by atoms with E-state index in [4.69, 9.17) is 0 Å². The van der Waals surface area contributed by atoms with Crippen molar-refractivity contribution in [2.24, 2.45) is 0 Å². The van der Waals surface area contributed by atoms with E-state index in [0.29, 0.717) is 31.4 Å². The Balaban J connectivity index is 1.61. The van der Waals surface area contributed by atoms with Crippen LogP contribution in [0.3, 0.4) is 0 Å². The summed E-state index contributed by atoms with van der Waals surface area (Å²) in [4.78, 5) is 25.0. The maximum atomic E-state index is 11.8. The van der Waals surface area contributed by atoms with Gasteiger partial charge in [-0.15, -0.1) is 0 Å². The van der Waals surface area contributed by atoms with Crippen molar-refractivity contribution in [2.45, 2.75) is 18.9 Å². The highest BCUT2D eigenvalue weighted by Crippen LogP contribution is 2.21. The van der Waals surface area contributed by atoms with Gasteiger partial charge in [0.2, 0.25) is 5.91 Å². The Labute approximate surface area is 117 Å². The predicted octanol–water partition coefficient (Wildman–Crippen LogP) is 0.907. The van der Waals surface area contributed by atoms with Crippen LogP contribution in [-0.4, -0.2) is 37.6 Å². The van der Waals surface area contributed by atoms with Crippen LogP contribution in [0, 0.1) is 0 Å². The quantitative estimate of drug-likeness (QED) is 0.747. The third kappa shape index (κ3) is 3.08. The number of nitrogens with one attached hydrogen (secondary N) is 3. The van der Waals surface area contributed by atoms with Gasteiger partial charge in [0.1, 0.15) is 0 Å². The fourth-order valence-electron chi connectivity index (χ4n) is 2.20. The van der Waals surface area contributed by atoms with E-state index in [1.54, 1.807) is 4.90 Å². The summed E-state index contributed by atoms with van der Waals surface area (Å²) in [5, 5.41) is 8.77. The summed E-state index contributed by atoms with van der Waals surface area (Å²) >= 11 is 0. The molecule has 1 aliphatic heterocycles. The molecule has 0 unspecified atom stereocenters. The molecular formula is C14H18N4O2. The van der Waals surface area contributed by atoms with Gasteiger partial charge in [-0.25, -0.2) is 4.79 Å². The van der Waals surface area contributed by atoms with Crippen LogP contribution in [0.5, 0.6) is 0 Å². The van der Waals surface area contributed by atoms with E-state index in [1.807, 2.05) is 24.3 Å². The maximum Gasteiger partial charge on any atom is 0.321 e. The fraction of sp³-hybridized carbons (Fsp3) is 0.429. The first-order valence-corrected chi connectivity index (χ1v) is 6.91. The van der Waals surface area contributed by atoms with Crippen molar-refractivity contribution in [1.29, 1.82) is 0 Å². The molecule has 3 amide bonds. The number of carbonyl (C=O) groups excluding carboxylic acids is 2. The molecule has 106 valence electrons. The van der Waals surface area contributed by atoms with Gasteiger partial charge >= 0.3 is 6.03 Å². The van der Waals surface area contributed by atoms with Crippen molar-refractivity contribution in [3.05, 3.63) is 24.3 Å². The standard InChI is InChI=1S/C14H18N4O2/c19-13(9-16-10-4-5-10)17-11-2-1-3-12(8-11)18-7-6-15-14(18)20/h1-3,8,10,16H,4-7,9H2,(H,15,20)(H,17,19). The summed E-state index contributed by atoms with van der Waals surface area (Å²) in [5.41, 5.74) is 1.51. The molecule has 0 bridgehead atoms. The predicted molar refractivity (Wildman–Crippen MR) is 76.8 cm³/mol. The molecule has 2 fully saturated rings. The first kappa shape index (κ1) is 12.9. The summed E-state index contributed by atoms with van der Waals surface area (Å²) in [5.74, 6) is -0.0556. The molecule has 3 N–H and O–H groups in total. The lowest BCUT2D eigenvalue weighted by Crippen LogP contribution is -2.30. The number of hydrogen-bond acceptors (Lipinski definition) is 3. The van der Waals surface area contributed by atoms with Crippen molar-refractivity contribution in [3.8, 4) is 0 Å². The van der Waals surface area contributed by atoms with Gasteiger partial charge in [-0.2, -0.15) is 0 Å². The topological polar surface area (TPSA) is 73.5 Å². The lowest BCUT2D eigenvalue weighted by Gasteiger charge is -2.15. The summed E-state index contributed by atoms with van der Waals surface area (Å²) < 4.78 is 0. The van der Waals surface area contributed by atoms with Crippen LogP contribution in [0.4, 0.5) is 16.2 Å². The molecule has 0 aromatic heterocycles. The molecule has 1 aromatic carbocycles. The van der Waals surface area contributed by atoms with Gasteiger partial charge < -0.3 is 16.0 Å². The van der Waals surface area contributed by atoms with Crippen molar-refractivity contribution in [3.63, 3.8) is 0 Å². The van der Waals surface area contributed by atoms with Gasteiger partial charge in [0.25, 0.3) is 0 Å². The van der Waals surface area contributed by atoms with Crippen molar-refractivity contribution in [2.75, 3.05) is 29.9 Å². The van der Waals surface area contributed by atoms with Gasteiger partial charge in [0.15, 0.2) is 0 Å². The molecule has 1 saturated carbocycles. The van der Waals surface area contributed by atoms with Crippen molar-refractivity contribution in [1.82, 2.24) is 10.6 Å². The highest BCUT2D eigenvalue weighted by atomic mass is 16.2. The molecule has 3 rings (SSSR count). The number of anilines is 2. The number of carbonyl (C=O) groups is 2. The zero-order chi connectivity index (χ0) is 13.9. The monoisotopic (exact) mass is 274 g/mol. The van der Waals surface area contributed by atoms with Crippen LogP contribution in [-0.2, 0) is 4.79 Å². The molecule has 6 nitrogen and oxygen atoms in total. The average molecular weight is 274 g/mol. The number of hydrogen-bond donors (Lipinski definition) is 3. The van der Waals surface area contributed by atoms with Gasteiger partial charge in [-0.05, 0) is 31.0 Å². The SMILES string of the molecule is O=C(CNC1CC1)Nc1cccc(N2CCNC2=O)c1. The highest BCUT2D eigenvalue weighted by Gasteiger charge is 2.22. The minimum Gasteiger partial charge on any atom is -0.336 e. The lowest BCUT2D eigenvalue weighted by atomic mass is 10.2. The Morgan fingerprint density at radius 3 is 2.95 bits per heavy atom. The van der Waals surface area contributed by atoms with E-state index >= 15 is 0 Å². The Kier molecular flexibility index (Phi) is 3.56. The fourth-order valence-corrected chi connectivity index (χ4v) is 2.20. The zero-order valence-corrected chi connectivity index (χ0v) is 11.2. The third-order valence-corrected chi connectivity index (χ3v) is 3.43. The van der Waals surface area contributed by atoms with Crippen LogP contribution in [0.15, 0.2) is 24.3 Å². The van der Waals surface area contributed by atoms with Crippen LogP contribution >= 0.6 is 0 Å². The molecule has 1 aliphatic carbocycles. The van der Waals surface area contributed by atoms with E-state index in [9.17, 15) is 9.59 Å². The maximum absolute atomic E-state index is 11.8. The van der Waals surface area contributed by atoms with Crippen LogP contribution in [0.2, 0.25) is 0 Å². The minimum atomic E-state index is -0.0936.